The molecule has 0 radical (unpaired) electrons. The molecule has 4 rings (SSSR count). The summed E-state index contributed by atoms with van der Waals surface area (Å²) in [5.41, 5.74) is 2.83. The van der Waals surface area contributed by atoms with E-state index in [0.29, 0.717) is 12.3 Å². The second-order valence-electron chi connectivity index (χ2n) is 9.24. The number of nitrogens with zero attached hydrogens (tertiary/aromatic N) is 6. The summed E-state index contributed by atoms with van der Waals surface area (Å²) in [6, 6.07) is 2.22. The predicted molar refractivity (Wildman–Crippen MR) is 135 cm³/mol. The molecule has 9 nitrogen and oxygen atoms in total. The number of ether oxygens (including phenoxy) is 2. The van der Waals surface area contributed by atoms with E-state index in [-0.39, 0.29) is 0 Å². The zero-order chi connectivity index (χ0) is 23.9. The van der Waals surface area contributed by atoms with Crippen LogP contribution >= 0.6 is 11.8 Å². The number of fused-ring (bicyclic) bond motifs is 1. The fourth-order valence-corrected chi connectivity index (χ4v) is 4.87. The Morgan fingerprint density at radius 1 is 1.00 bits per heavy atom. The van der Waals surface area contributed by atoms with Gasteiger partial charge in [-0.3, -0.25) is 19.7 Å². The molecular formula is C24H39ClN6O3. The van der Waals surface area contributed by atoms with Crippen LogP contribution in [0.5, 0.6) is 0 Å². The van der Waals surface area contributed by atoms with Crippen molar-refractivity contribution < 1.29 is 13.9 Å². The molecule has 0 bridgehead atoms. The van der Waals surface area contributed by atoms with Crippen molar-refractivity contribution in [2.24, 2.45) is 0 Å². The van der Waals surface area contributed by atoms with Crippen LogP contribution in [0.3, 0.4) is 0 Å². The molecule has 2 saturated heterocycles. The standard InChI is InChI=1S/C24H39ClN6O3/c1-27(28(2)25)23-21-16-20(18-30-7-4-6-29(9-10-30)11-14-32-3)17-26-24(21)34-22(23)19-31-8-5-13-33-15-12-31/h16-17H,4-15,18-19H2,1-3H3. The molecule has 2 aliphatic rings. The van der Waals surface area contributed by atoms with Crippen molar-refractivity contribution in [3.05, 3.63) is 23.6 Å². The van der Waals surface area contributed by atoms with Crippen LogP contribution in [-0.4, -0.2) is 111 Å². The van der Waals surface area contributed by atoms with Crippen molar-refractivity contribution in [3.8, 4) is 0 Å². The summed E-state index contributed by atoms with van der Waals surface area (Å²) in [6.45, 7) is 11.2. The van der Waals surface area contributed by atoms with E-state index in [4.69, 9.17) is 30.7 Å². The van der Waals surface area contributed by atoms with Crippen LogP contribution in [-0.2, 0) is 22.6 Å². The Hall–Kier alpha value is -1.46. The van der Waals surface area contributed by atoms with E-state index < -0.39 is 0 Å². The van der Waals surface area contributed by atoms with E-state index in [2.05, 4.69) is 20.8 Å². The fraction of sp³-hybridized carbons (Fsp3) is 0.708. The van der Waals surface area contributed by atoms with Gasteiger partial charge in [0.25, 0.3) is 0 Å². The van der Waals surface area contributed by atoms with Crippen LogP contribution < -0.4 is 5.01 Å². The third-order valence-electron chi connectivity index (χ3n) is 6.76. The maximum absolute atomic E-state index is 6.37. The van der Waals surface area contributed by atoms with Crippen molar-refractivity contribution >= 4 is 28.6 Å². The second-order valence-corrected chi connectivity index (χ2v) is 9.73. The van der Waals surface area contributed by atoms with Crippen LogP contribution in [0.4, 0.5) is 5.69 Å². The number of rotatable bonds is 9. The molecule has 2 aromatic rings. The molecule has 0 saturated carbocycles. The van der Waals surface area contributed by atoms with Crippen molar-refractivity contribution in [2.45, 2.75) is 25.9 Å². The van der Waals surface area contributed by atoms with E-state index in [0.717, 1.165) is 95.4 Å². The lowest BCUT2D eigenvalue weighted by Crippen LogP contribution is -2.32. The van der Waals surface area contributed by atoms with Gasteiger partial charge in [0.05, 0.1) is 25.1 Å². The number of hydrogen-bond donors (Lipinski definition) is 0. The minimum Gasteiger partial charge on any atom is -0.439 e. The highest BCUT2D eigenvalue weighted by Crippen LogP contribution is 2.35. The number of halogens is 1. The van der Waals surface area contributed by atoms with Crippen molar-refractivity contribution in [3.63, 3.8) is 0 Å². The van der Waals surface area contributed by atoms with Crippen LogP contribution in [0.1, 0.15) is 24.2 Å². The second kappa shape index (κ2) is 12.5. The molecule has 0 aromatic carbocycles. The Bertz CT molecular complexity index is 902. The molecule has 0 unspecified atom stereocenters. The molecule has 0 aliphatic carbocycles. The third-order valence-corrected chi connectivity index (χ3v) is 6.99. The average Bonchev–Trinajstić information content (AvgIpc) is 3.00. The largest absolute Gasteiger partial charge is 0.439 e. The topological polar surface area (TPSA) is 60.7 Å². The Balaban J connectivity index is 1.52. The van der Waals surface area contributed by atoms with Crippen LogP contribution in [0, 0.1) is 0 Å². The van der Waals surface area contributed by atoms with E-state index in [1.165, 1.54) is 12.0 Å². The molecule has 0 N–H and O–H groups in total. The zero-order valence-corrected chi connectivity index (χ0v) is 21.6. The van der Waals surface area contributed by atoms with Crippen LogP contribution in [0.25, 0.3) is 11.1 Å². The first-order valence-corrected chi connectivity index (χ1v) is 12.7. The summed E-state index contributed by atoms with van der Waals surface area (Å²) in [6.07, 6.45) is 4.15. The van der Waals surface area contributed by atoms with E-state index >= 15 is 0 Å². The molecule has 0 spiro atoms. The van der Waals surface area contributed by atoms with Gasteiger partial charge in [-0.1, -0.05) is 0 Å². The Morgan fingerprint density at radius 2 is 1.76 bits per heavy atom. The average molecular weight is 495 g/mol. The van der Waals surface area contributed by atoms with Gasteiger partial charge in [0, 0.05) is 73.3 Å². The van der Waals surface area contributed by atoms with Gasteiger partial charge in [-0.25, -0.2) is 4.98 Å². The van der Waals surface area contributed by atoms with Gasteiger partial charge < -0.3 is 13.9 Å². The van der Waals surface area contributed by atoms with Gasteiger partial charge in [0.15, 0.2) is 0 Å². The maximum atomic E-state index is 6.37. The Morgan fingerprint density at radius 3 is 2.59 bits per heavy atom. The number of hydrogen-bond acceptors (Lipinski definition) is 9. The molecule has 2 aliphatic heterocycles. The summed E-state index contributed by atoms with van der Waals surface area (Å²) in [4.78, 5) is 12.1. The van der Waals surface area contributed by atoms with E-state index in [1.54, 1.807) is 11.6 Å². The lowest BCUT2D eigenvalue weighted by atomic mass is 10.2. The quantitative estimate of drug-likeness (QED) is 0.386. The summed E-state index contributed by atoms with van der Waals surface area (Å²) in [5.74, 6) is 0.889. The molecule has 10 heteroatoms. The van der Waals surface area contributed by atoms with Crippen molar-refractivity contribution in [1.82, 2.24) is 24.2 Å². The molecule has 2 fully saturated rings. The van der Waals surface area contributed by atoms with Gasteiger partial charge in [0.2, 0.25) is 5.71 Å². The molecule has 34 heavy (non-hydrogen) atoms. The lowest BCUT2D eigenvalue weighted by molar-refractivity contribution is 0.139. The zero-order valence-electron chi connectivity index (χ0n) is 20.8. The first-order valence-electron chi connectivity index (χ1n) is 12.3. The van der Waals surface area contributed by atoms with Gasteiger partial charge in [-0.15, -0.1) is 4.53 Å². The monoisotopic (exact) mass is 494 g/mol. The highest BCUT2D eigenvalue weighted by molar-refractivity contribution is 6.14. The van der Waals surface area contributed by atoms with Crippen molar-refractivity contribution in [1.29, 1.82) is 0 Å². The first kappa shape index (κ1) is 25.6. The van der Waals surface area contributed by atoms with Gasteiger partial charge in [0.1, 0.15) is 11.4 Å². The van der Waals surface area contributed by atoms with Gasteiger partial charge in [-0.05, 0) is 49.3 Å². The highest BCUT2D eigenvalue weighted by Gasteiger charge is 2.24. The molecule has 0 amide bonds. The van der Waals surface area contributed by atoms with E-state index in [9.17, 15) is 0 Å². The third kappa shape index (κ3) is 6.60. The summed E-state index contributed by atoms with van der Waals surface area (Å²) in [7, 11) is 5.56. The predicted octanol–water partition coefficient (Wildman–Crippen LogP) is 2.64. The summed E-state index contributed by atoms with van der Waals surface area (Å²) >= 11 is 6.37. The smallest absolute Gasteiger partial charge is 0.228 e. The van der Waals surface area contributed by atoms with Gasteiger partial charge in [-0.2, -0.15) is 0 Å². The Labute approximate surface area is 208 Å². The SMILES string of the molecule is COCCN1CCCN(Cc2cnc3oc(CN4CCCOCC4)c(N(C)N(C)Cl)c3c2)CC1. The number of pyridine rings is 1. The summed E-state index contributed by atoms with van der Waals surface area (Å²) in [5, 5.41) is 2.94. The fourth-order valence-electron chi connectivity index (χ4n) is 4.79. The molecule has 190 valence electrons. The minimum absolute atomic E-state index is 0.659. The number of hydrazine groups is 1. The van der Waals surface area contributed by atoms with Crippen LogP contribution in [0.15, 0.2) is 16.7 Å². The Kier molecular flexibility index (Phi) is 9.41. The number of aromatic nitrogens is 1. The normalized spacial score (nSPS) is 19.6. The molecule has 2 aromatic heterocycles. The summed E-state index contributed by atoms with van der Waals surface area (Å²) < 4.78 is 18.7. The lowest BCUT2D eigenvalue weighted by Gasteiger charge is -2.25. The van der Waals surface area contributed by atoms with Crippen LogP contribution in [0.2, 0.25) is 0 Å². The minimum atomic E-state index is 0.659. The number of furan rings is 1. The maximum Gasteiger partial charge on any atom is 0.228 e. The molecular weight excluding hydrogens is 456 g/mol. The highest BCUT2D eigenvalue weighted by atomic mass is 35.5. The first-order chi connectivity index (χ1) is 16.5. The van der Waals surface area contributed by atoms with Gasteiger partial charge >= 0.3 is 0 Å². The number of anilines is 1. The molecule has 4 heterocycles. The molecule has 0 atom stereocenters. The van der Waals surface area contributed by atoms with E-state index in [1.807, 2.05) is 25.3 Å². The van der Waals surface area contributed by atoms with Crippen molar-refractivity contribution in [2.75, 3.05) is 91.8 Å². The number of methoxy groups -OCH3 is 1.